The fourth-order valence-corrected chi connectivity index (χ4v) is 2.72. The molecule has 0 atom stereocenters. The summed E-state index contributed by atoms with van der Waals surface area (Å²) in [5.41, 5.74) is 6.35. The quantitative estimate of drug-likeness (QED) is 0.837. The molecule has 1 amide bonds. The second-order valence-electron chi connectivity index (χ2n) is 5.43. The minimum absolute atomic E-state index is 0.0377. The average molecular weight is 288 g/mol. The largest absolute Gasteiger partial charge is 0.325 e. The third-order valence-corrected chi connectivity index (χ3v) is 3.84. The van der Waals surface area contributed by atoms with Crippen molar-refractivity contribution in [3.63, 3.8) is 0 Å². The zero-order valence-corrected chi connectivity index (χ0v) is 12.1. The molecule has 1 aliphatic carbocycles. The SMILES string of the molecule is NCC#Cc1cc(F)ccc1NC(=O)CCC1CCCC1. The molecular formula is C17H21FN2O. The maximum atomic E-state index is 13.3. The molecule has 1 aromatic carbocycles. The topological polar surface area (TPSA) is 55.1 Å². The molecule has 0 heterocycles. The third kappa shape index (κ3) is 4.87. The van der Waals surface area contributed by atoms with Crippen molar-refractivity contribution in [1.82, 2.24) is 0 Å². The van der Waals surface area contributed by atoms with E-state index in [4.69, 9.17) is 5.73 Å². The molecule has 0 saturated heterocycles. The number of carbonyl (C=O) groups is 1. The standard InChI is InChI=1S/C17H21FN2O/c18-15-8-9-16(14(12-15)6-3-11-19)20-17(21)10-7-13-4-1-2-5-13/h8-9,12-13H,1-2,4-5,7,10-11,19H2,(H,20,21). The van der Waals surface area contributed by atoms with Gasteiger partial charge in [-0.15, -0.1) is 0 Å². The molecule has 1 aromatic rings. The van der Waals surface area contributed by atoms with Gasteiger partial charge >= 0.3 is 0 Å². The minimum atomic E-state index is -0.375. The maximum absolute atomic E-state index is 13.3. The molecule has 0 aliphatic heterocycles. The van der Waals surface area contributed by atoms with Crippen molar-refractivity contribution in [3.05, 3.63) is 29.6 Å². The third-order valence-electron chi connectivity index (χ3n) is 3.84. The van der Waals surface area contributed by atoms with Crippen LogP contribution in [0.15, 0.2) is 18.2 Å². The van der Waals surface area contributed by atoms with E-state index in [-0.39, 0.29) is 18.3 Å². The first-order chi connectivity index (χ1) is 10.2. The summed E-state index contributed by atoms with van der Waals surface area (Å²) < 4.78 is 13.3. The van der Waals surface area contributed by atoms with Crippen molar-refractivity contribution >= 4 is 11.6 Å². The Morgan fingerprint density at radius 1 is 1.38 bits per heavy atom. The fourth-order valence-electron chi connectivity index (χ4n) is 2.72. The highest BCUT2D eigenvalue weighted by atomic mass is 19.1. The Bertz CT molecular complexity index is 554. The smallest absolute Gasteiger partial charge is 0.224 e. The van der Waals surface area contributed by atoms with Crippen molar-refractivity contribution in [1.29, 1.82) is 0 Å². The Hall–Kier alpha value is -1.86. The lowest BCUT2D eigenvalue weighted by molar-refractivity contribution is -0.116. The summed E-state index contributed by atoms with van der Waals surface area (Å²) in [5, 5.41) is 2.82. The van der Waals surface area contributed by atoms with Crippen molar-refractivity contribution in [3.8, 4) is 11.8 Å². The number of rotatable bonds is 4. The van der Waals surface area contributed by atoms with E-state index in [2.05, 4.69) is 17.2 Å². The van der Waals surface area contributed by atoms with Crippen LogP contribution in [-0.4, -0.2) is 12.5 Å². The van der Waals surface area contributed by atoms with Crippen molar-refractivity contribution in [2.24, 2.45) is 11.7 Å². The van der Waals surface area contributed by atoms with Crippen molar-refractivity contribution in [2.45, 2.75) is 38.5 Å². The summed E-state index contributed by atoms with van der Waals surface area (Å²) in [6.45, 7) is 0.200. The Kier molecular flexibility index (Phi) is 5.77. The van der Waals surface area contributed by atoms with Gasteiger partial charge in [0.15, 0.2) is 0 Å². The van der Waals surface area contributed by atoms with E-state index in [1.807, 2.05) is 0 Å². The normalized spacial score (nSPS) is 14.6. The summed E-state index contributed by atoms with van der Waals surface area (Å²) in [5.74, 6) is 5.74. The molecule has 1 aliphatic rings. The second kappa shape index (κ2) is 7.80. The van der Waals surface area contributed by atoms with Crippen LogP contribution in [0.4, 0.5) is 10.1 Å². The van der Waals surface area contributed by atoms with Crippen LogP contribution >= 0.6 is 0 Å². The van der Waals surface area contributed by atoms with Crippen molar-refractivity contribution in [2.75, 3.05) is 11.9 Å². The Labute approximate surface area is 125 Å². The van der Waals surface area contributed by atoms with Crippen LogP contribution in [0, 0.1) is 23.6 Å². The summed E-state index contributed by atoms with van der Waals surface area (Å²) in [4.78, 5) is 12.0. The maximum Gasteiger partial charge on any atom is 0.224 e. The number of anilines is 1. The molecule has 3 nitrogen and oxygen atoms in total. The zero-order valence-electron chi connectivity index (χ0n) is 12.1. The summed E-state index contributed by atoms with van der Waals surface area (Å²) in [6.07, 6.45) is 6.46. The van der Waals surface area contributed by atoms with Gasteiger partial charge in [0, 0.05) is 6.42 Å². The molecule has 1 saturated carbocycles. The highest BCUT2D eigenvalue weighted by Crippen LogP contribution is 2.28. The number of halogens is 1. The Balaban J connectivity index is 1.95. The van der Waals surface area contributed by atoms with E-state index in [0.29, 0.717) is 23.6 Å². The van der Waals surface area contributed by atoms with Crippen LogP contribution in [0.25, 0.3) is 0 Å². The number of carbonyl (C=O) groups excluding carboxylic acids is 1. The van der Waals surface area contributed by atoms with Gasteiger partial charge in [0.1, 0.15) is 5.82 Å². The predicted octanol–water partition coefficient (Wildman–Crippen LogP) is 3.04. The lowest BCUT2D eigenvalue weighted by atomic mass is 10.0. The van der Waals surface area contributed by atoms with Crippen LogP contribution in [0.5, 0.6) is 0 Å². The first kappa shape index (κ1) is 15.5. The summed E-state index contributed by atoms with van der Waals surface area (Å²) in [7, 11) is 0. The van der Waals surface area contributed by atoms with E-state index in [0.717, 1.165) is 6.42 Å². The average Bonchev–Trinajstić information content (AvgIpc) is 2.98. The van der Waals surface area contributed by atoms with Crippen LogP contribution in [-0.2, 0) is 4.79 Å². The van der Waals surface area contributed by atoms with E-state index < -0.39 is 0 Å². The minimum Gasteiger partial charge on any atom is -0.325 e. The molecule has 0 unspecified atom stereocenters. The number of nitrogens with one attached hydrogen (secondary N) is 1. The van der Waals surface area contributed by atoms with Gasteiger partial charge in [-0.2, -0.15) is 0 Å². The first-order valence-corrected chi connectivity index (χ1v) is 7.47. The fraction of sp³-hybridized carbons (Fsp3) is 0.471. The van der Waals surface area contributed by atoms with Gasteiger partial charge in [0.2, 0.25) is 5.91 Å². The molecule has 3 N–H and O–H groups in total. The number of amides is 1. The summed E-state index contributed by atoms with van der Waals surface area (Å²) >= 11 is 0. The Morgan fingerprint density at radius 3 is 2.86 bits per heavy atom. The van der Waals surface area contributed by atoms with Crippen LogP contribution in [0.1, 0.15) is 44.1 Å². The number of benzene rings is 1. The van der Waals surface area contributed by atoms with E-state index >= 15 is 0 Å². The predicted molar refractivity (Wildman–Crippen MR) is 82.2 cm³/mol. The molecule has 2 rings (SSSR count). The van der Waals surface area contributed by atoms with Gasteiger partial charge in [0.25, 0.3) is 0 Å². The molecule has 4 heteroatoms. The molecule has 112 valence electrons. The molecule has 0 bridgehead atoms. The van der Waals surface area contributed by atoms with Gasteiger partial charge in [-0.25, -0.2) is 4.39 Å². The van der Waals surface area contributed by atoms with Gasteiger partial charge in [-0.3, -0.25) is 4.79 Å². The number of hydrogen-bond acceptors (Lipinski definition) is 2. The van der Waals surface area contributed by atoms with E-state index in [1.165, 1.54) is 37.8 Å². The number of nitrogens with two attached hydrogens (primary N) is 1. The van der Waals surface area contributed by atoms with Crippen molar-refractivity contribution < 1.29 is 9.18 Å². The molecular weight excluding hydrogens is 267 g/mol. The summed E-state index contributed by atoms with van der Waals surface area (Å²) in [6, 6.07) is 4.18. The second-order valence-corrected chi connectivity index (χ2v) is 5.43. The van der Waals surface area contributed by atoms with Gasteiger partial charge < -0.3 is 11.1 Å². The van der Waals surface area contributed by atoms with Crippen LogP contribution < -0.4 is 11.1 Å². The van der Waals surface area contributed by atoms with Gasteiger partial charge in [0.05, 0.1) is 17.8 Å². The molecule has 1 fully saturated rings. The highest BCUT2D eigenvalue weighted by molar-refractivity contribution is 5.92. The van der Waals surface area contributed by atoms with Crippen LogP contribution in [0.2, 0.25) is 0 Å². The Morgan fingerprint density at radius 2 is 2.14 bits per heavy atom. The van der Waals surface area contributed by atoms with E-state index in [1.54, 1.807) is 6.07 Å². The van der Waals surface area contributed by atoms with Crippen LogP contribution in [0.3, 0.4) is 0 Å². The van der Waals surface area contributed by atoms with E-state index in [9.17, 15) is 9.18 Å². The number of hydrogen-bond donors (Lipinski definition) is 2. The lowest BCUT2D eigenvalue weighted by Gasteiger charge is -2.10. The lowest BCUT2D eigenvalue weighted by Crippen LogP contribution is -2.13. The molecule has 0 aromatic heterocycles. The van der Waals surface area contributed by atoms with Gasteiger partial charge in [-0.05, 0) is 30.5 Å². The zero-order chi connectivity index (χ0) is 15.1. The molecule has 0 spiro atoms. The first-order valence-electron chi connectivity index (χ1n) is 7.47. The molecule has 21 heavy (non-hydrogen) atoms. The highest BCUT2D eigenvalue weighted by Gasteiger charge is 2.16. The van der Waals surface area contributed by atoms with Gasteiger partial charge in [-0.1, -0.05) is 37.5 Å². The monoisotopic (exact) mass is 288 g/mol. The molecule has 0 radical (unpaired) electrons.